The molecule has 1 N–H and O–H groups in total. The van der Waals surface area contributed by atoms with Gasteiger partial charge in [-0.15, -0.1) is 0 Å². The number of rotatable bonds is 3. The third kappa shape index (κ3) is 2.17. The zero-order valence-electron chi connectivity index (χ0n) is 9.74. The molecule has 4 nitrogen and oxygen atoms in total. The number of carboxylic acids is 1. The Labute approximate surface area is 105 Å². The van der Waals surface area contributed by atoms with E-state index in [1.54, 1.807) is 6.07 Å². The molecule has 1 aromatic carbocycles. The zero-order chi connectivity index (χ0) is 12.6. The van der Waals surface area contributed by atoms with Crippen LogP contribution in [0.25, 0.3) is 0 Å². The van der Waals surface area contributed by atoms with Gasteiger partial charge in [0, 0.05) is 19.2 Å². The van der Waals surface area contributed by atoms with Crippen LogP contribution >= 0.6 is 11.6 Å². The molecule has 0 aliphatic carbocycles. The third-order valence-corrected chi connectivity index (χ3v) is 3.21. The highest BCUT2D eigenvalue weighted by molar-refractivity contribution is 6.33. The summed E-state index contributed by atoms with van der Waals surface area (Å²) in [5.41, 5.74) is 0.932. The molecule has 1 aliphatic heterocycles. The topological polar surface area (TPSA) is 49.8 Å². The van der Waals surface area contributed by atoms with Crippen LogP contribution in [0.15, 0.2) is 12.1 Å². The summed E-state index contributed by atoms with van der Waals surface area (Å²) in [7, 11) is 1.46. The van der Waals surface area contributed by atoms with Crippen molar-refractivity contribution in [3.63, 3.8) is 0 Å². The molecule has 17 heavy (non-hydrogen) atoms. The fraction of sp³-hybridized carbons (Fsp3) is 0.417. The second kappa shape index (κ2) is 4.45. The van der Waals surface area contributed by atoms with Crippen molar-refractivity contribution in [2.75, 3.05) is 25.1 Å². The quantitative estimate of drug-likeness (QED) is 0.902. The number of halogens is 1. The minimum atomic E-state index is -1.03. The molecule has 0 atom stereocenters. The number of hydrogen-bond acceptors (Lipinski definition) is 3. The highest BCUT2D eigenvalue weighted by Gasteiger charge is 2.26. The number of carbonyl (C=O) groups is 1. The van der Waals surface area contributed by atoms with Crippen molar-refractivity contribution < 1.29 is 14.6 Å². The summed E-state index contributed by atoms with van der Waals surface area (Å²) >= 11 is 6.10. The molecule has 0 saturated carbocycles. The number of hydrogen-bond donors (Lipinski definition) is 1. The number of aromatic carboxylic acids is 1. The van der Waals surface area contributed by atoms with Crippen LogP contribution in [-0.2, 0) is 0 Å². The van der Waals surface area contributed by atoms with Gasteiger partial charge in [-0.1, -0.05) is 18.5 Å². The van der Waals surface area contributed by atoms with Crippen molar-refractivity contribution in [2.24, 2.45) is 5.92 Å². The van der Waals surface area contributed by atoms with Crippen molar-refractivity contribution in [2.45, 2.75) is 6.92 Å². The summed E-state index contributed by atoms with van der Waals surface area (Å²) in [6.07, 6.45) is 0. The van der Waals surface area contributed by atoms with E-state index in [1.807, 2.05) is 0 Å². The van der Waals surface area contributed by atoms with E-state index in [0.717, 1.165) is 18.8 Å². The molecule has 0 aromatic heterocycles. The second-order valence-corrected chi connectivity index (χ2v) is 4.73. The molecule has 0 spiro atoms. The van der Waals surface area contributed by atoms with Crippen molar-refractivity contribution >= 4 is 23.3 Å². The first-order valence-electron chi connectivity index (χ1n) is 5.38. The Kier molecular flexibility index (Phi) is 3.15. The van der Waals surface area contributed by atoms with Crippen LogP contribution in [0.5, 0.6) is 5.75 Å². The highest BCUT2D eigenvalue weighted by Crippen LogP contribution is 2.36. The van der Waals surface area contributed by atoms with Crippen LogP contribution < -0.4 is 9.64 Å². The molecule has 1 aromatic rings. The maximum absolute atomic E-state index is 11.0. The number of nitrogens with zero attached hydrogens (tertiary/aromatic N) is 1. The van der Waals surface area contributed by atoms with Crippen LogP contribution in [0.2, 0.25) is 5.02 Å². The van der Waals surface area contributed by atoms with Crippen molar-refractivity contribution in [1.29, 1.82) is 0 Å². The van der Waals surface area contributed by atoms with Crippen LogP contribution in [-0.4, -0.2) is 31.3 Å². The van der Waals surface area contributed by atoms with E-state index >= 15 is 0 Å². The second-order valence-electron chi connectivity index (χ2n) is 4.32. The molecular formula is C12H14ClNO3. The van der Waals surface area contributed by atoms with Gasteiger partial charge in [0.1, 0.15) is 11.3 Å². The maximum atomic E-state index is 11.0. The monoisotopic (exact) mass is 255 g/mol. The fourth-order valence-corrected chi connectivity index (χ4v) is 2.30. The van der Waals surface area contributed by atoms with Crippen LogP contribution in [0.3, 0.4) is 0 Å². The summed E-state index contributed by atoms with van der Waals surface area (Å²) in [6, 6.07) is 3.14. The SMILES string of the molecule is COc1cc(N2CC(C)C2)c(Cl)cc1C(=O)O. The molecule has 1 heterocycles. The Morgan fingerprint density at radius 1 is 1.53 bits per heavy atom. The van der Waals surface area contributed by atoms with E-state index in [9.17, 15) is 4.79 Å². The molecule has 92 valence electrons. The first-order valence-corrected chi connectivity index (χ1v) is 5.76. The number of carboxylic acid groups (broad SMARTS) is 1. The summed E-state index contributed by atoms with van der Waals surface area (Å²) in [6.45, 7) is 4.04. The Balaban J connectivity index is 2.38. The number of methoxy groups -OCH3 is 1. The maximum Gasteiger partial charge on any atom is 0.339 e. The van der Waals surface area contributed by atoms with Gasteiger partial charge in [-0.3, -0.25) is 0 Å². The van der Waals surface area contributed by atoms with E-state index in [1.165, 1.54) is 13.2 Å². The lowest BCUT2D eigenvalue weighted by Gasteiger charge is -2.39. The Morgan fingerprint density at radius 2 is 2.18 bits per heavy atom. The van der Waals surface area contributed by atoms with Gasteiger partial charge < -0.3 is 14.7 Å². The molecule has 0 amide bonds. The predicted molar refractivity (Wildman–Crippen MR) is 66.3 cm³/mol. The Morgan fingerprint density at radius 3 is 2.65 bits per heavy atom. The molecule has 5 heteroatoms. The largest absolute Gasteiger partial charge is 0.496 e. The molecule has 2 rings (SSSR count). The van der Waals surface area contributed by atoms with Crippen molar-refractivity contribution in [3.05, 3.63) is 22.7 Å². The first kappa shape index (κ1) is 12.0. The van der Waals surface area contributed by atoms with Gasteiger partial charge in [0.2, 0.25) is 0 Å². The summed E-state index contributed by atoms with van der Waals surface area (Å²) in [5.74, 6) is -0.0417. The first-order chi connectivity index (χ1) is 8.02. The molecule has 0 bridgehead atoms. The van der Waals surface area contributed by atoms with Crippen LogP contribution in [0.1, 0.15) is 17.3 Å². The number of ether oxygens (including phenoxy) is 1. The lowest BCUT2D eigenvalue weighted by atomic mass is 10.0. The lowest BCUT2D eigenvalue weighted by molar-refractivity contribution is 0.0693. The van der Waals surface area contributed by atoms with E-state index in [2.05, 4.69) is 11.8 Å². The fourth-order valence-electron chi connectivity index (χ4n) is 2.02. The number of anilines is 1. The van der Waals surface area contributed by atoms with Gasteiger partial charge in [-0.05, 0) is 12.0 Å². The molecule has 1 saturated heterocycles. The predicted octanol–water partition coefficient (Wildman–Crippen LogP) is 2.50. The van der Waals surface area contributed by atoms with Gasteiger partial charge in [0.25, 0.3) is 0 Å². The average Bonchev–Trinajstić information content (AvgIpc) is 2.25. The molecule has 0 unspecified atom stereocenters. The normalized spacial score (nSPS) is 15.6. The lowest BCUT2D eigenvalue weighted by Crippen LogP contribution is -2.45. The minimum Gasteiger partial charge on any atom is -0.496 e. The van der Waals surface area contributed by atoms with Gasteiger partial charge in [0.05, 0.1) is 17.8 Å². The summed E-state index contributed by atoms with van der Waals surface area (Å²) in [4.78, 5) is 13.1. The molecule has 1 aliphatic rings. The van der Waals surface area contributed by atoms with Gasteiger partial charge >= 0.3 is 5.97 Å². The van der Waals surface area contributed by atoms with E-state index < -0.39 is 5.97 Å². The van der Waals surface area contributed by atoms with Crippen molar-refractivity contribution in [3.8, 4) is 5.75 Å². The van der Waals surface area contributed by atoms with Crippen LogP contribution in [0, 0.1) is 5.92 Å². The molecule has 1 fully saturated rings. The van der Waals surface area contributed by atoms with E-state index in [-0.39, 0.29) is 5.56 Å². The Bertz CT molecular complexity index is 455. The number of benzene rings is 1. The Hall–Kier alpha value is -1.42. The van der Waals surface area contributed by atoms with Crippen LogP contribution in [0.4, 0.5) is 5.69 Å². The smallest absolute Gasteiger partial charge is 0.339 e. The third-order valence-electron chi connectivity index (χ3n) is 2.90. The van der Waals surface area contributed by atoms with E-state index in [0.29, 0.717) is 16.7 Å². The van der Waals surface area contributed by atoms with E-state index in [4.69, 9.17) is 21.4 Å². The molecular weight excluding hydrogens is 242 g/mol. The van der Waals surface area contributed by atoms with Gasteiger partial charge in [0.15, 0.2) is 0 Å². The standard InChI is InChI=1S/C12H14ClNO3/c1-7-5-14(6-7)10-4-11(17-2)8(12(15)16)3-9(10)13/h3-4,7H,5-6H2,1-2H3,(H,15,16). The summed E-state index contributed by atoms with van der Waals surface area (Å²) in [5, 5.41) is 9.47. The summed E-state index contributed by atoms with van der Waals surface area (Å²) < 4.78 is 5.08. The van der Waals surface area contributed by atoms with Crippen molar-refractivity contribution in [1.82, 2.24) is 0 Å². The average molecular weight is 256 g/mol. The van der Waals surface area contributed by atoms with Gasteiger partial charge in [-0.25, -0.2) is 4.79 Å². The molecule has 0 radical (unpaired) electrons. The highest BCUT2D eigenvalue weighted by atomic mass is 35.5. The minimum absolute atomic E-state index is 0.0924. The zero-order valence-corrected chi connectivity index (χ0v) is 10.5. The van der Waals surface area contributed by atoms with Gasteiger partial charge in [-0.2, -0.15) is 0 Å².